The SMILES string of the molecule is O=Cc1cc(C#CC2CC2)cs1. The van der Waals surface area contributed by atoms with E-state index in [2.05, 4.69) is 11.8 Å². The van der Waals surface area contributed by atoms with Crippen molar-refractivity contribution in [2.24, 2.45) is 5.92 Å². The van der Waals surface area contributed by atoms with Crippen LogP contribution in [0.3, 0.4) is 0 Å². The van der Waals surface area contributed by atoms with Crippen LogP contribution in [0.1, 0.15) is 28.1 Å². The van der Waals surface area contributed by atoms with Crippen molar-refractivity contribution in [1.29, 1.82) is 0 Å². The van der Waals surface area contributed by atoms with Crippen molar-refractivity contribution >= 4 is 17.6 Å². The Bertz CT molecular complexity index is 349. The number of aldehydes is 1. The third-order valence-electron chi connectivity index (χ3n) is 1.73. The van der Waals surface area contributed by atoms with E-state index in [-0.39, 0.29) is 0 Å². The predicted octanol–water partition coefficient (Wildman–Crippen LogP) is 2.32. The molecule has 1 aliphatic rings. The minimum Gasteiger partial charge on any atom is -0.297 e. The topological polar surface area (TPSA) is 17.1 Å². The van der Waals surface area contributed by atoms with Crippen LogP contribution in [0.4, 0.5) is 0 Å². The Balaban J connectivity index is 2.12. The van der Waals surface area contributed by atoms with Crippen molar-refractivity contribution in [2.45, 2.75) is 12.8 Å². The molecule has 0 radical (unpaired) electrons. The van der Waals surface area contributed by atoms with Crippen LogP contribution in [0, 0.1) is 17.8 Å². The van der Waals surface area contributed by atoms with Gasteiger partial charge in [0.05, 0.1) is 4.88 Å². The van der Waals surface area contributed by atoms with Crippen LogP contribution >= 0.6 is 11.3 Å². The maximum atomic E-state index is 10.3. The average Bonchev–Trinajstić information content (AvgIpc) is 2.81. The summed E-state index contributed by atoms with van der Waals surface area (Å²) in [4.78, 5) is 11.1. The lowest BCUT2D eigenvalue weighted by Gasteiger charge is -1.75. The molecule has 0 unspecified atom stereocenters. The zero-order chi connectivity index (χ0) is 8.39. The molecule has 1 aliphatic carbocycles. The Morgan fingerprint density at radius 3 is 3.00 bits per heavy atom. The molecule has 12 heavy (non-hydrogen) atoms. The van der Waals surface area contributed by atoms with Gasteiger partial charge in [-0.05, 0) is 18.9 Å². The van der Waals surface area contributed by atoms with Gasteiger partial charge in [-0.15, -0.1) is 11.3 Å². The highest BCUT2D eigenvalue weighted by atomic mass is 32.1. The Morgan fingerprint density at radius 1 is 1.58 bits per heavy atom. The molecule has 0 N–H and O–H groups in total. The second-order valence-electron chi connectivity index (χ2n) is 2.90. The van der Waals surface area contributed by atoms with Gasteiger partial charge >= 0.3 is 0 Å². The summed E-state index contributed by atoms with van der Waals surface area (Å²) in [5, 5.41) is 1.93. The average molecular weight is 176 g/mol. The number of carbonyl (C=O) groups excluding carboxylic acids is 1. The number of hydrogen-bond donors (Lipinski definition) is 0. The second-order valence-corrected chi connectivity index (χ2v) is 3.84. The molecule has 0 aliphatic heterocycles. The van der Waals surface area contributed by atoms with E-state index in [0.29, 0.717) is 5.92 Å². The van der Waals surface area contributed by atoms with Gasteiger partial charge in [-0.2, -0.15) is 0 Å². The van der Waals surface area contributed by atoms with Gasteiger partial charge in [0.25, 0.3) is 0 Å². The van der Waals surface area contributed by atoms with Crippen LogP contribution in [0.25, 0.3) is 0 Å². The monoisotopic (exact) mass is 176 g/mol. The van der Waals surface area contributed by atoms with Crippen molar-refractivity contribution in [3.63, 3.8) is 0 Å². The molecule has 0 bridgehead atoms. The molecule has 60 valence electrons. The summed E-state index contributed by atoms with van der Waals surface area (Å²) in [5.74, 6) is 6.84. The van der Waals surface area contributed by atoms with Crippen LogP contribution in [0.2, 0.25) is 0 Å². The Kier molecular flexibility index (Phi) is 1.97. The Morgan fingerprint density at radius 2 is 2.42 bits per heavy atom. The van der Waals surface area contributed by atoms with Crippen molar-refractivity contribution in [1.82, 2.24) is 0 Å². The zero-order valence-electron chi connectivity index (χ0n) is 6.54. The summed E-state index contributed by atoms with van der Waals surface area (Å²) in [5.41, 5.74) is 0.981. The van der Waals surface area contributed by atoms with Crippen LogP contribution < -0.4 is 0 Å². The highest BCUT2D eigenvalue weighted by Gasteiger charge is 2.17. The van der Waals surface area contributed by atoms with Gasteiger partial charge in [-0.1, -0.05) is 11.8 Å². The van der Waals surface area contributed by atoms with E-state index in [1.54, 1.807) is 0 Å². The van der Waals surface area contributed by atoms with E-state index in [4.69, 9.17) is 0 Å². The molecule has 0 aromatic carbocycles. The number of hydrogen-bond acceptors (Lipinski definition) is 2. The van der Waals surface area contributed by atoms with Crippen molar-refractivity contribution < 1.29 is 4.79 Å². The summed E-state index contributed by atoms with van der Waals surface area (Å²) in [7, 11) is 0. The fourth-order valence-electron chi connectivity index (χ4n) is 0.893. The summed E-state index contributed by atoms with van der Waals surface area (Å²) < 4.78 is 0. The van der Waals surface area contributed by atoms with Crippen LogP contribution in [0.5, 0.6) is 0 Å². The molecule has 2 heteroatoms. The zero-order valence-corrected chi connectivity index (χ0v) is 7.36. The van der Waals surface area contributed by atoms with Crippen LogP contribution in [-0.4, -0.2) is 6.29 Å². The van der Waals surface area contributed by atoms with E-state index >= 15 is 0 Å². The normalized spacial score (nSPS) is 15.0. The van der Waals surface area contributed by atoms with Crippen molar-refractivity contribution in [3.8, 4) is 11.8 Å². The first-order valence-electron chi connectivity index (χ1n) is 3.94. The molecule has 1 nitrogen and oxygen atoms in total. The Hall–Kier alpha value is -1.07. The van der Waals surface area contributed by atoms with E-state index < -0.39 is 0 Å². The molecule has 0 atom stereocenters. The molecule has 1 fully saturated rings. The number of carbonyl (C=O) groups is 1. The number of rotatable bonds is 1. The van der Waals surface area contributed by atoms with Gasteiger partial charge in [0.1, 0.15) is 0 Å². The van der Waals surface area contributed by atoms with Gasteiger partial charge in [0, 0.05) is 16.9 Å². The minimum atomic E-state index is 0.629. The predicted molar refractivity (Wildman–Crippen MR) is 49.3 cm³/mol. The first-order chi connectivity index (χ1) is 5.88. The standard InChI is InChI=1S/C10H8OS/c11-6-10-5-9(7-12-10)4-3-8-1-2-8/h5-8H,1-2H2. The summed E-state index contributed by atoms with van der Waals surface area (Å²) in [6.45, 7) is 0. The fraction of sp³-hybridized carbons (Fsp3) is 0.300. The lowest BCUT2D eigenvalue weighted by Crippen LogP contribution is -1.68. The van der Waals surface area contributed by atoms with Gasteiger partial charge in [-0.3, -0.25) is 4.79 Å². The van der Waals surface area contributed by atoms with Crippen molar-refractivity contribution in [2.75, 3.05) is 0 Å². The Labute approximate surface area is 75.4 Å². The van der Waals surface area contributed by atoms with Crippen LogP contribution in [0.15, 0.2) is 11.4 Å². The van der Waals surface area contributed by atoms with Gasteiger partial charge in [0.2, 0.25) is 0 Å². The van der Waals surface area contributed by atoms with E-state index in [1.165, 1.54) is 24.2 Å². The molecule has 0 spiro atoms. The maximum Gasteiger partial charge on any atom is 0.160 e. The molecule has 0 amide bonds. The highest BCUT2D eigenvalue weighted by Crippen LogP contribution is 2.27. The first-order valence-corrected chi connectivity index (χ1v) is 4.82. The van der Waals surface area contributed by atoms with Crippen LogP contribution in [-0.2, 0) is 0 Å². The summed E-state index contributed by atoms with van der Waals surface area (Å²) in [6, 6.07) is 1.84. The third-order valence-corrected chi connectivity index (χ3v) is 2.59. The molecule has 1 saturated carbocycles. The van der Waals surface area contributed by atoms with Gasteiger partial charge < -0.3 is 0 Å². The molecule has 1 aromatic heterocycles. The van der Waals surface area contributed by atoms with Gasteiger partial charge in [0.15, 0.2) is 6.29 Å². The molecule has 1 aromatic rings. The molecule has 2 rings (SSSR count). The molecule has 0 saturated heterocycles. The lowest BCUT2D eigenvalue weighted by atomic mass is 10.3. The summed E-state index contributed by atoms with van der Waals surface area (Å²) >= 11 is 1.45. The van der Waals surface area contributed by atoms with E-state index in [0.717, 1.165) is 16.7 Å². The maximum absolute atomic E-state index is 10.3. The van der Waals surface area contributed by atoms with E-state index in [1.807, 2.05) is 11.4 Å². The number of thiophene rings is 1. The molecular weight excluding hydrogens is 168 g/mol. The van der Waals surface area contributed by atoms with Gasteiger partial charge in [-0.25, -0.2) is 0 Å². The molecular formula is C10H8OS. The first kappa shape index (κ1) is 7.57. The second kappa shape index (κ2) is 3.12. The smallest absolute Gasteiger partial charge is 0.160 e. The lowest BCUT2D eigenvalue weighted by molar-refractivity contribution is 0.112. The highest BCUT2D eigenvalue weighted by molar-refractivity contribution is 7.11. The minimum absolute atomic E-state index is 0.629. The van der Waals surface area contributed by atoms with E-state index in [9.17, 15) is 4.79 Å². The fourth-order valence-corrected chi connectivity index (χ4v) is 1.53. The third kappa shape index (κ3) is 1.75. The molecule has 1 heterocycles. The quantitative estimate of drug-likeness (QED) is 0.474. The summed E-state index contributed by atoms with van der Waals surface area (Å²) in [6.07, 6.45) is 3.36. The largest absolute Gasteiger partial charge is 0.297 e. The van der Waals surface area contributed by atoms with Crippen molar-refractivity contribution in [3.05, 3.63) is 21.9 Å².